The molecule has 1 aromatic rings. The Morgan fingerprint density at radius 3 is 2.14 bits per heavy atom. The zero-order valence-corrected chi connectivity index (χ0v) is 14.2. The van der Waals surface area contributed by atoms with Crippen molar-refractivity contribution in [3.05, 3.63) is 34.4 Å². The molecule has 4 nitrogen and oxygen atoms in total. The summed E-state index contributed by atoms with van der Waals surface area (Å²) in [5.74, 6) is -1.20. The van der Waals surface area contributed by atoms with Crippen LogP contribution in [0.3, 0.4) is 0 Å². The number of carboxylic acids is 1. The molecule has 1 aromatic carbocycles. The second-order valence-corrected chi connectivity index (χ2v) is 6.52. The predicted molar refractivity (Wildman–Crippen MR) is 87.9 cm³/mol. The van der Waals surface area contributed by atoms with Crippen molar-refractivity contribution in [1.82, 2.24) is 5.32 Å². The molecule has 4 heteroatoms. The van der Waals surface area contributed by atoms with E-state index in [1.165, 1.54) is 5.56 Å². The van der Waals surface area contributed by atoms with E-state index in [-0.39, 0.29) is 12.5 Å². The maximum atomic E-state index is 12.1. The van der Waals surface area contributed by atoms with E-state index in [2.05, 4.69) is 17.4 Å². The molecule has 0 saturated carbocycles. The van der Waals surface area contributed by atoms with Gasteiger partial charge in [0.05, 0.1) is 12.3 Å². The van der Waals surface area contributed by atoms with Gasteiger partial charge in [-0.25, -0.2) is 0 Å². The average molecular weight is 305 g/mol. The van der Waals surface area contributed by atoms with Crippen LogP contribution in [0.25, 0.3) is 0 Å². The number of carbonyl (C=O) groups excluding carboxylic acids is 1. The first-order valence-corrected chi connectivity index (χ1v) is 7.77. The lowest BCUT2D eigenvalue weighted by molar-refractivity contribution is -0.142. The van der Waals surface area contributed by atoms with Crippen molar-refractivity contribution in [3.8, 4) is 0 Å². The summed E-state index contributed by atoms with van der Waals surface area (Å²) in [5.41, 5.74) is 4.41. The Hall–Kier alpha value is -1.84. The van der Waals surface area contributed by atoms with Crippen molar-refractivity contribution in [2.24, 2.45) is 11.8 Å². The van der Waals surface area contributed by atoms with E-state index in [0.29, 0.717) is 18.8 Å². The fourth-order valence-corrected chi connectivity index (χ4v) is 2.79. The molecular weight excluding hydrogens is 278 g/mol. The van der Waals surface area contributed by atoms with E-state index < -0.39 is 11.9 Å². The second-order valence-electron chi connectivity index (χ2n) is 6.52. The minimum absolute atomic E-state index is 0.120. The van der Waals surface area contributed by atoms with Gasteiger partial charge in [0.2, 0.25) is 5.91 Å². The molecule has 0 saturated heterocycles. The van der Waals surface area contributed by atoms with Crippen LogP contribution < -0.4 is 5.32 Å². The minimum atomic E-state index is -0.850. The molecule has 0 bridgehead atoms. The standard InChI is InChI=1S/C18H27NO3/c1-11(2)6-15(18(21)22)10-19-17(20)9-16-13(4)7-12(3)8-14(16)5/h7-8,11,15H,6,9-10H2,1-5H3,(H,19,20)(H,21,22). The molecule has 22 heavy (non-hydrogen) atoms. The highest BCUT2D eigenvalue weighted by Gasteiger charge is 2.20. The van der Waals surface area contributed by atoms with E-state index in [9.17, 15) is 14.7 Å². The Bertz CT molecular complexity index is 526. The predicted octanol–water partition coefficient (Wildman–Crippen LogP) is 3.02. The summed E-state index contributed by atoms with van der Waals surface area (Å²) in [4.78, 5) is 23.3. The van der Waals surface area contributed by atoms with Crippen LogP contribution in [-0.4, -0.2) is 23.5 Å². The summed E-state index contributed by atoms with van der Waals surface area (Å²) < 4.78 is 0. The number of rotatable bonds is 7. The van der Waals surface area contributed by atoms with Gasteiger partial charge < -0.3 is 10.4 Å². The van der Waals surface area contributed by atoms with Crippen LogP contribution in [0.1, 0.15) is 42.5 Å². The summed E-state index contributed by atoms with van der Waals surface area (Å²) in [6.45, 7) is 10.2. The Labute approximate surface area is 132 Å². The molecular formula is C18H27NO3. The van der Waals surface area contributed by atoms with Gasteiger partial charge in [-0.2, -0.15) is 0 Å². The van der Waals surface area contributed by atoms with Gasteiger partial charge in [-0.15, -0.1) is 0 Å². The van der Waals surface area contributed by atoms with E-state index in [4.69, 9.17) is 0 Å². The molecule has 122 valence electrons. The van der Waals surface area contributed by atoms with Crippen LogP contribution in [0.15, 0.2) is 12.1 Å². The quantitative estimate of drug-likeness (QED) is 0.813. The molecule has 0 spiro atoms. The van der Waals surface area contributed by atoms with Crippen LogP contribution in [0, 0.1) is 32.6 Å². The SMILES string of the molecule is Cc1cc(C)c(CC(=O)NCC(CC(C)C)C(=O)O)c(C)c1. The lowest BCUT2D eigenvalue weighted by Crippen LogP contribution is -2.34. The molecule has 0 aliphatic heterocycles. The van der Waals surface area contributed by atoms with E-state index in [1.807, 2.05) is 34.6 Å². The lowest BCUT2D eigenvalue weighted by atomic mass is 9.96. The molecule has 0 fully saturated rings. The molecule has 0 radical (unpaired) electrons. The van der Waals surface area contributed by atoms with Gasteiger partial charge in [-0.1, -0.05) is 31.5 Å². The number of amides is 1. The molecule has 2 N–H and O–H groups in total. The fourth-order valence-electron chi connectivity index (χ4n) is 2.79. The summed E-state index contributed by atoms with van der Waals surface area (Å²) >= 11 is 0. The number of carbonyl (C=O) groups is 2. The fraction of sp³-hybridized carbons (Fsp3) is 0.556. The molecule has 0 heterocycles. The third-order valence-electron chi connectivity index (χ3n) is 3.83. The van der Waals surface area contributed by atoms with Gasteiger partial charge in [-0.3, -0.25) is 9.59 Å². The van der Waals surface area contributed by atoms with Crippen molar-refractivity contribution < 1.29 is 14.7 Å². The molecule has 1 amide bonds. The Balaban J connectivity index is 2.65. The molecule has 0 aliphatic carbocycles. The second kappa shape index (κ2) is 7.97. The first kappa shape index (κ1) is 18.2. The van der Waals surface area contributed by atoms with Gasteiger partial charge in [0.1, 0.15) is 0 Å². The van der Waals surface area contributed by atoms with Crippen molar-refractivity contribution in [2.75, 3.05) is 6.54 Å². The topological polar surface area (TPSA) is 66.4 Å². The summed E-state index contributed by atoms with van der Waals surface area (Å²) in [5, 5.41) is 12.0. The number of aryl methyl sites for hydroxylation is 3. The third kappa shape index (κ3) is 5.51. The highest BCUT2D eigenvalue weighted by atomic mass is 16.4. The van der Waals surface area contributed by atoms with Crippen molar-refractivity contribution in [2.45, 2.75) is 47.5 Å². The Morgan fingerprint density at radius 2 is 1.68 bits per heavy atom. The van der Waals surface area contributed by atoms with Crippen molar-refractivity contribution in [1.29, 1.82) is 0 Å². The summed E-state index contributed by atoms with van der Waals surface area (Å²) in [6.07, 6.45) is 0.865. The average Bonchev–Trinajstić information content (AvgIpc) is 2.38. The van der Waals surface area contributed by atoms with E-state index >= 15 is 0 Å². The van der Waals surface area contributed by atoms with Gasteiger partial charge in [-0.05, 0) is 49.8 Å². The van der Waals surface area contributed by atoms with Gasteiger partial charge >= 0.3 is 5.97 Å². The zero-order valence-electron chi connectivity index (χ0n) is 14.2. The first-order valence-electron chi connectivity index (χ1n) is 7.77. The Morgan fingerprint density at radius 1 is 1.14 bits per heavy atom. The molecule has 0 aromatic heterocycles. The molecule has 1 unspecified atom stereocenters. The smallest absolute Gasteiger partial charge is 0.308 e. The van der Waals surface area contributed by atoms with Crippen molar-refractivity contribution >= 4 is 11.9 Å². The number of hydrogen-bond donors (Lipinski definition) is 2. The number of aliphatic carboxylic acids is 1. The lowest BCUT2D eigenvalue weighted by Gasteiger charge is -2.16. The number of carboxylic acid groups (broad SMARTS) is 1. The van der Waals surface area contributed by atoms with Gasteiger partial charge in [0, 0.05) is 6.54 Å². The van der Waals surface area contributed by atoms with Crippen LogP contribution in [0.2, 0.25) is 0 Å². The summed E-state index contributed by atoms with van der Waals surface area (Å²) in [7, 11) is 0. The van der Waals surface area contributed by atoms with Gasteiger partial charge in [0.15, 0.2) is 0 Å². The molecule has 1 rings (SSSR count). The maximum absolute atomic E-state index is 12.1. The highest BCUT2D eigenvalue weighted by Crippen LogP contribution is 2.17. The van der Waals surface area contributed by atoms with E-state index in [1.54, 1.807) is 0 Å². The number of hydrogen-bond acceptors (Lipinski definition) is 2. The highest BCUT2D eigenvalue weighted by molar-refractivity contribution is 5.80. The molecule has 0 aliphatic rings. The first-order chi connectivity index (χ1) is 10.2. The third-order valence-corrected chi connectivity index (χ3v) is 3.83. The van der Waals surface area contributed by atoms with Crippen molar-refractivity contribution in [3.63, 3.8) is 0 Å². The number of nitrogens with one attached hydrogen (secondary N) is 1. The summed E-state index contributed by atoms with van der Waals surface area (Å²) in [6, 6.07) is 4.13. The zero-order chi connectivity index (χ0) is 16.9. The normalized spacial score (nSPS) is 12.3. The largest absolute Gasteiger partial charge is 0.481 e. The minimum Gasteiger partial charge on any atom is -0.481 e. The van der Waals surface area contributed by atoms with Crippen LogP contribution in [-0.2, 0) is 16.0 Å². The maximum Gasteiger partial charge on any atom is 0.308 e. The molecule has 1 atom stereocenters. The van der Waals surface area contributed by atoms with E-state index in [0.717, 1.165) is 16.7 Å². The van der Waals surface area contributed by atoms with Crippen LogP contribution in [0.4, 0.5) is 0 Å². The monoisotopic (exact) mass is 305 g/mol. The van der Waals surface area contributed by atoms with Gasteiger partial charge in [0.25, 0.3) is 0 Å². The van der Waals surface area contributed by atoms with Crippen LogP contribution >= 0.6 is 0 Å². The van der Waals surface area contributed by atoms with Crippen LogP contribution in [0.5, 0.6) is 0 Å². The number of benzene rings is 1. The Kier molecular flexibility index (Phi) is 6.60.